The van der Waals surface area contributed by atoms with Crippen molar-refractivity contribution in [2.45, 2.75) is 237 Å². The molecule has 18 heteroatoms. The molecular formula is C124H110N6O12. The van der Waals surface area contributed by atoms with Crippen LogP contribution < -0.4 is 66.7 Å². The van der Waals surface area contributed by atoms with Gasteiger partial charge in [0.25, 0.3) is 66.7 Å². The summed E-state index contributed by atoms with van der Waals surface area (Å²) in [5.41, 5.74) is 1.67. The van der Waals surface area contributed by atoms with E-state index in [0.29, 0.717) is 33.4 Å². The average molecular weight is 1880 g/mol. The fourth-order valence-electron chi connectivity index (χ4n) is 24.5. The van der Waals surface area contributed by atoms with E-state index in [1.54, 1.807) is 84.9 Å². The largest absolute Gasteiger partial charge is 0.268 e. The Hall–Kier alpha value is -15.0. The molecule has 23 rings (SSSR count). The van der Waals surface area contributed by atoms with Crippen molar-refractivity contribution in [3.05, 3.63) is 349 Å². The van der Waals surface area contributed by atoms with Gasteiger partial charge < -0.3 is 0 Å². The summed E-state index contributed by atoms with van der Waals surface area (Å²) in [5.74, 6) is -1.83. The number of rotatable bonds is 18. The van der Waals surface area contributed by atoms with Crippen molar-refractivity contribution in [2.75, 3.05) is 0 Å². The van der Waals surface area contributed by atoms with Crippen LogP contribution in [0, 0.1) is 0 Å². The molecule has 6 aromatic heterocycles. The molecule has 0 atom stereocenters. The van der Waals surface area contributed by atoms with Gasteiger partial charge in [0.1, 0.15) is 0 Å². The van der Waals surface area contributed by atoms with Crippen LogP contribution in [-0.4, -0.2) is 27.4 Å². The average Bonchev–Trinajstić information content (AvgIpc) is 0.638. The van der Waals surface area contributed by atoms with E-state index >= 15 is 57.5 Å². The summed E-state index contributed by atoms with van der Waals surface area (Å²) >= 11 is 0. The standard InChI is InChI=1S/C124H110N6O12/c1-51(2)63-25-35-87(73(41-63)57(13)14)125-117(135)83-47-79-99-101-81(105-103(79)109-95-69(113(131)127(121(109)139)89-37-27-65(53(5)6)43-75(89)59(17)18)31-33-71-97(95)111(105)123(141)129(115(71)133)91-39-29-67(55(9)10)45-77(91)61(21)22)49-85-94-86(120(138)126(119(85)137)88-36-26-64(52(3)4)42-74(88)58(15)16)50-82-102(108(94)101)100-80(48-84(118(125)136)93(83)107(99)100)104-106(82)112-98-72(116(134)130(124(112)142)92-40-30-68(56(11)12)46-78(92)62(23)24)34-32-70-96(98)110(104)122(140)128(114(70)132)90-38-28-66(54(7)8)44-76(90)60(19)20/h25-62H,1-24H3. The van der Waals surface area contributed by atoms with Gasteiger partial charge in [-0.2, -0.15) is 0 Å². The number of nitrogens with zero attached hydrogens (tertiary/aromatic N) is 6. The maximum atomic E-state index is 18.1. The first kappa shape index (κ1) is 90.8. The summed E-state index contributed by atoms with van der Waals surface area (Å²) in [7, 11) is 0. The van der Waals surface area contributed by atoms with Crippen LogP contribution in [0.25, 0.3) is 206 Å². The zero-order valence-corrected chi connectivity index (χ0v) is 84.5. The van der Waals surface area contributed by atoms with Gasteiger partial charge in [0.05, 0.1) is 55.7 Å². The van der Waals surface area contributed by atoms with Crippen molar-refractivity contribution in [2.24, 2.45) is 0 Å². The molecule has 0 spiro atoms. The molecule has 0 bridgehead atoms. The Morgan fingerprint density at radius 1 is 0.127 bits per heavy atom. The Balaban J connectivity index is 1.10. The molecule has 0 unspecified atom stereocenters. The smallest absolute Gasteiger partial charge is 0.266 e. The van der Waals surface area contributed by atoms with Crippen molar-refractivity contribution in [1.29, 1.82) is 0 Å². The summed E-state index contributed by atoms with van der Waals surface area (Å²) in [6.45, 7) is 48.6. The van der Waals surface area contributed by atoms with Gasteiger partial charge >= 0.3 is 0 Å². The first-order valence-electron chi connectivity index (χ1n) is 50.4. The van der Waals surface area contributed by atoms with E-state index in [0.717, 1.165) is 33.4 Å². The molecule has 0 amide bonds. The monoisotopic (exact) mass is 1870 g/mol. The van der Waals surface area contributed by atoms with E-state index in [1.807, 2.05) is 156 Å². The van der Waals surface area contributed by atoms with Crippen LogP contribution in [-0.2, 0) is 0 Å². The van der Waals surface area contributed by atoms with Gasteiger partial charge in [-0.1, -0.05) is 239 Å². The highest BCUT2D eigenvalue weighted by molar-refractivity contribution is 6.59. The number of aromatic nitrogens is 6. The van der Waals surface area contributed by atoms with Crippen LogP contribution in [0.3, 0.4) is 0 Å². The lowest BCUT2D eigenvalue weighted by Gasteiger charge is -2.28. The molecule has 18 nitrogen and oxygen atoms in total. The van der Waals surface area contributed by atoms with Crippen LogP contribution in [0.1, 0.15) is 304 Å². The maximum absolute atomic E-state index is 18.1. The number of hydrogen-bond acceptors (Lipinski definition) is 12. The Labute approximate surface area is 814 Å². The lowest BCUT2D eigenvalue weighted by Crippen LogP contribution is -2.35. The van der Waals surface area contributed by atoms with E-state index in [4.69, 9.17) is 0 Å². The van der Waals surface area contributed by atoms with Crippen molar-refractivity contribution >= 4 is 172 Å². The van der Waals surface area contributed by atoms with E-state index in [1.165, 1.54) is 27.4 Å². The van der Waals surface area contributed by atoms with Crippen LogP contribution >= 0.6 is 0 Å². The lowest BCUT2D eigenvalue weighted by molar-refractivity contribution is 0.812. The fraction of sp³-hybridized carbons (Fsp3) is 0.290. The van der Waals surface area contributed by atoms with Crippen molar-refractivity contribution in [3.63, 3.8) is 0 Å². The highest BCUT2D eigenvalue weighted by Crippen LogP contribution is 2.59. The molecule has 0 aliphatic rings. The van der Waals surface area contributed by atoms with Gasteiger partial charge in [-0.05, 0) is 266 Å². The van der Waals surface area contributed by atoms with Gasteiger partial charge in [-0.15, -0.1) is 0 Å². The second-order valence-corrected chi connectivity index (χ2v) is 44.1. The predicted octanol–water partition coefficient (Wildman–Crippen LogP) is 25.6. The fourth-order valence-corrected chi connectivity index (χ4v) is 24.5. The molecule has 142 heavy (non-hydrogen) atoms. The molecule has 6 heterocycles. The zero-order chi connectivity index (χ0) is 101. The normalized spacial score (nSPS) is 13.0. The lowest BCUT2D eigenvalue weighted by atomic mass is 9.75. The number of hydrogen-bond donors (Lipinski definition) is 0. The Morgan fingerprint density at radius 2 is 0.268 bits per heavy atom. The van der Waals surface area contributed by atoms with E-state index in [2.05, 4.69) is 83.1 Å². The maximum Gasteiger partial charge on any atom is 0.266 e. The van der Waals surface area contributed by atoms with Gasteiger partial charge in [0.2, 0.25) is 0 Å². The summed E-state index contributed by atoms with van der Waals surface area (Å²) < 4.78 is 7.14. The topological polar surface area (TPSA) is 234 Å². The van der Waals surface area contributed by atoms with Crippen LogP contribution in [0.4, 0.5) is 0 Å². The van der Waals surface area contributed by atoms with Gasteiger partial charge in [-0.25, -0.2) is 27.4 Å². The third-order valence-corrected chi connectivity index (χ3v) is 31.9. The highest BCUT2D eigenvalue weighted by atomic mass is 16.2. The molecule has 0 aliphatic heterocycles. The SMILES string of the molecule is CC(C)c1ccc(-n2c(=O)c3cc4c5c6c(=O)n(-c7ccc(C(C)C)cc7C(C)C)c(=O)c7ccc8c(=O)n(-c9ccc(C(C)C)cc9C(C)C)c(=O)c(c8c76)c5c5cc6c(=O)n(-c7ccc(C(C)C)cc7C(C)C)c(=O)c7cc8c9c%10c(=O)n(-c%11ccc(C(C)C)cc%11C(C)C)c(=O)c%11ccc%12c(=O)n(-c%13ccc(C(C)C)cc%13C(C)C)c(=O)c(c%12c%11%10)c9c9cc(c2=O)c3c2c4c5c(c67)c8c92)c(C(C)C)c1. The highest BCUT2D eigenvalue weighted by Gasteiger charge is 2.40. The summed E-state index contributed by atoms with van der Waals surface area (Å²) in [5, 5.41) is 1.67. The van der Waals surface area contributed by atoms with E-state index < -0.39 is 66.7 Å². The van der Waals surface area contributed by atoms with Crippen molar-refractivity contribution in [3.8, 4) is 34.1 Å². The first-order chi connectivity index (χ1) is 67.5. The molecule has 0 N–H and O–H groups in total. The van der Waals surface area contributed by atoms with Gasteiger partial charge in [-0.3, -0.25) is 57.5 Å². The Bertz CT molecular complexity index is 9290. The van der Waals surface area contributed by atoms with Gasteiger partial charge in [0, 0.05) is 108 Å². The van der Waals surface area contributed by atoms with Crippen molar-refractivity contribution in [1.82, 2.24) is 27.4 Å². The Morgan fingerprint density at radius 3 is 0.423 bits per heavy atom. The minimum atomic E-state index is -0.850. The quantitative estimate of drug-likeness (QED) is 0.0576. The third-order valence-electron chi connectivity index (χ3n) is 31.9. The summed E-state index contributed by atoms with van der Waals surface area (Å²) in [6.07, 6.45) is 0. The minimum absolute atomic E-state index is 0.00719. The minimum Gasteiger partial charge on any atom is -0.268 e. The number of benzene rings is 17. The molecule has 0 saturated heterocycles. The van der Waals surface area contributed by atoms with Crippen LogP contribution in [0.5, 0.6) is 0 Å². The third kappa shape index (κ3) is 11.9. The second kappa shape index (κ2) is 31.2. The first-order valence-corrected chi connectivity index (χ1v) is 50.4. The predicted molar refractivity (Wildman–Crippen MR) is 587 cm³/mol. The molecule has 17 aromatic carbocycles. The molecule has 0 saturated carbocycles. The Kier molecular flexibility index (Phi) is 20.0. The van der Waals surface area contributed by atoms with Gasteiger partial charge in [0.15, 0.2) is 0 Å². The summed E-state index contributed by atoms with van der Waals surface area (Å²) in [4.78, 5) is 211. The van der Waals surface area contributed by atoms with E-state index in [9.17, 15) is 0 Å². The van der Waals surface area contributed by atoms with Crippen LogP contribution in [0.2, 0.25) is 0 Å². The number of fused-ring (bicyclic) bond motifs is 10. The number of pyridine rings is 6. The molecule has 0 aliphatic carbocycles. The van der Waals surface area contributed by atoms with E-state index in [-0.39, 0.29) is 277 Å². The van der Waals surface area contributed by atoms with Crippen molar-refractivity contribution < 1.29 is 0 Å². The molecule has 708 valence electrons. The summed E-state index contributed by atoms with van der Waals surface area (Å²) in [6, 6.07) is 47.3. The molecule has 0 fully saturated rings. The van der Waals surface area contributed by atoms with Crippen LogP contribution in [0.15, 0.2) is 215 Å². The molecular weight excluding hydrogens is 1770 g/mol. The molecule has 23 aromatic rings. The zero-order valence-electron chi connectivity index (χ0n) is 84.5. The molecule has 0 radical (unpaired) electrons. The second-order valence-electron chi connectivity index (χ2n) is 44.1.